The molecule has 0 saturated carbocycles. The Kier molecular flexibility index (Phi) is 8.54. The molecule has 2 unspecified atom stereocenters. The molecule has 10 nitrogen and oxygen atoms in total. The van der Waals surface area contributed by atoms with Gasteiger partial charge in [0.25, 0.3) is 5.69 Å². The Morgan fingerprint density at radius 2 is 1.70 bits per heavy atom. The summed E-state index contributed by atoms with van der Waals surface area (Å²) in [6.07, 6.45) is 5.59. The number of ketones is 1. The number of fused-ring (bicyclic) bond motifs is 2. The molecule has 0 spiro atoms. The highest BCUT2D eigenvalue weighted by Gasteiger charge is 2.47. The van der Waals surface area contributed by atoms with Gasteiger partial charge in [-0.05, 0) is 67.3 Å². The predicted octanol–water partition coefficient (Wildman–Crippen LogP) is 7.28. The number of Topliss-reactive ketones (excluding diaryl/α,β-unsaturated/α-hetero) is 1. The Bertz CT molecular complexity index is 1970. The van der Waals surface area contributed by atoms with Crippen molar-refractivity contribution in [2.24, 2.45) is 11.8 Å². The van der Waals surface area contributed by atoms with Gasteiger partial charge >= 0.3 is 5.97 Å². The summed E-state index contributed by atoms with van der Waals surface area (Å²) in [6, 6.07) is 15.7. The zero-order chi connectivity index (χ0) is 32.7. The van der Waals surface area contributed by atoms with Gasteiger partial charge in [0.1, 0.15) is 5.02 Å². The van der Waals surface area contributed by atoms with Crippen molar-refractivity contribution >= 4 is 73.4 Å². The van der Waals surface area contributed by atoms with Gasteiger partial charge in [0.05, 0.1) is 39.2 Å². The number of amides is 2. The number of aromatic nitrogens is 1. The van der Waals surface area contributed by atoms with Crippen molar-refractivity contribution in [2.75, 3.05) is 11.5 Å². The van der Waals surface area contributed by atoms with Crippen molar-refractivity contribution in [3.8, 4) is 11.3 Å². The van der Waals surface area contributed by atoms with Crippen LogP contribution in [0.4, 0.5) is 11.4 Å². The predicted molar refractivity (Wildman–Crippen MR) is 175 cm³/mol. The van der Waals surface area contributed by atoms with Gasteiger partial charge in [0.2, 0.25) is 17.6 Å². The minimum absolute atomic E-state index is 0.0224. The van der Waals surface area contributed by atoms with E-state index in [9.17, 15) is 29.3 Å². The highest BCUT2D eigenvalue weighted by atomic mass is 79.9. The molecule has 46 heavy (non-hydrogen) atoms. The number of aryl methyl sites for hydroxylation is 1. The minimum Gasteiger partial charge on any atom is -0.454 e. The van der Waals surface area contributed by atoms with Crippen LogP contribution in [0.15, 0.2) is 77.3 Å². The standard InChI is InChI=1S/C34H25BrClN3O7/c1-2-18-13-21(35)15-25-26(34(43)46-17-30(40)20-9-12-27(36)29(14-20)39(44)45)16-28(37-31(18)25)19-7-10-22(11-8-19)38-32(41)23-5-3-4-6-24(23)33(38)42/h3-4,7-16,23-24H,2,5-6,17H2,1H3. The first-order valence-corrected chi connectivity index (χ1v) is 15.6. The van der Waals surface area contributed by atoms with E-state index in [-0.39, 0.29) is 39.8 Å². The van der Waals surface area contributed by atoms with Crippen molar-refractivity contribution in [1.29, 1.82) is 0 Å². The normalized spacial score (nSPS) is 17.3. The van der Waals surface area contributed by atoms with E-state index in [2.05, 4.69) is 15.9 Å². The number of hydrogen-bond donors (Lipinski definition) is 0. The first-order valence-electron chi connectivity index (χ1n) is 14.5. The van der Waals surface area contributed by atoms with Gasteiger partial charge in [0.15, 0.2) is 6.61 Å². The van der Waals surface area contributed by atoms with Crippen LogP contribution in [0, 0.1) is 22.0 Å². The first-order chi connectivity index (χ1) is 22.1. The van der Waals surface area contributed by atoms with Crippen LogP contribution < -0.4 is 4.90 Å². The van der Waals surface area contributed by atoms with E-state index in [4.69, 9.17) is 21.3 Å². The lowest BCUT2D eigenvalue weighted by molar-refractivity contribution is -0.384. The molecule has 1 aromatic heterocycles. The fourth-order valence-corrected chi connectivity index (χ4v) is 6.59. The molecule has 0 bridgehead atoms. The summed E-state index contributed by atoms with van der Waals surface area (Å²) >= 11 is 9.36. The average Bonchev–Trinajstić information content (AvgIpc) is 3.31. The molecule has 3 aromatic carbocycles. The topological polar surface area (TPSA) is 137 Å². The smallest absolute Gasteiger partial charge is 0.339 e. The number of esters is 1. The van der Waals surface area contributed by atoms with E-state index in [1.807, 2.05) is 25.1 Å². The van der Waals surface area contributed by atoms with E-state index in [0.717, 1.165) is 16.1 Å². The SMILES string of the molecule is CCc1cc(Br)cc2c(C(=O)OCC(=O)c3ccc(Cl)c([N+](=O)[O-])c3)cc(-c3ccc(N4C(=O)C5CC=CCC5C4=O)cc3)nc12. The Hall–Kier alpha value is -4.74. The van der Waals surface area contributed by atoms with Gasteiger partial charge in [-0.25, -0.2) is 9.78 Å². The molecule has 2 atom stereocenters. The van der Waals surface area contributed by atoms with Crippen LogP contribution in [-0.2, 0) is 20.7 Å². The average molecular weight is 703 g/mol. The molecular weight excluding hydrogens is 678 g/mol. The summed E-state index contributed by atoms with van der Waals surface area (Å²) in [5.74, 6) is -2.53. The van der Waals surface area contributed by atoms with E-state index in [0.29, 0.717) is 47.1 Å². The molecule has 2 heterocycles. The summed E-state index contributed by atoms with van der Waals surface area (Å²) in [5, 5.41) is 11.6. The lowest BCUT2D eigenvalue weighted by Gasteiger charge is -2.16. The monoisotopic (exact) mass is 701 g/mol. The number of ether oxygens (including phenoxy) is 1. The molecule has 1 saturated heterocycles. The summed E-state index contributed by atoms with van der Waals surface area (Å²) in [6.45, 7) is 1.30. The highest BCUT2D eigenvalue weighted by molar-refractivity contribution is 9.10. The van der Waals surface area contributed by atoms with Gasteiger partial charge < -0.3 is 4.74 Å². The number of carbonyl (C=O) groups excluding carboxylic acids is 4. The third-order valence-corrected chi connectivity index (χ3v) is 9.06. The number of halogens is 2. The molecule has 1 fully saturated rings. The van der Waals surface area contributed by atoms with Crippen molar-refractivity contribution in [3.05, 3.63) is 109 Å². The summed E-state index contributed by atoms with van der Waals surface area (Å²) in [5.41, 5.74) is 2.69. The largest absolute Gasteiger partial charge is 0.454 e. The molecule has 2 aliphatic rings. The molecule has 1 aliphatic carbocycles. The van der Waals surface area contributed by atoms with Crippen LogP contribution in [-0.4, -0.2) is 40.1 Å². The maximum absolute atomic E-state index is 13.5. The van der Waals surface area contributed by atoms with E-state index in [1.54, 1.807) is 36.4 Å². The highest BCUT2D eigenvalue weighted by Crippen LogP contribution is 2.38. The molecular formula is C34H25BrClN3O7. The lowest BCUT2D eigenvalue weighted by atomic mass is 9.85. The van der Waals surface area contributed by atoms with Gasteiger partial charge in [-0.3, -0.25) is 29.4 Å². The number of nitrogens with zero attached hydrogens (tertiary/aromatic N) is 3. The number of hydrogen-bond acceptors (Lipinski definition) is 8. The number of anilines is 1. The van der Waals surface area contributed by atoms with Crippen molar-refractivity contribution in [3.63, 3.8) is 0 Å². The van der Waals surface area contributed by atoms with Crippen LogP contribution in [0.3, 0.4) is 0 Å². The van der Waals surface area contributed by atoms with E-state index in [1.165, 1.54) is 17.0 Å². The summed E-state index contributed by atoms with van der Waals surface area (Å²) in [7, 11) is 0. The van der Waals surface area contributed by atoms with Gasteiger partial charge in [-0.2, -0.15) is 0 Å². The number of carbonyl (C=O) groups is 4. The Morgan fingerprint density at radius 1 is 1.02 bits per heavy atom. The molecule has 2 amide bonds. The van der Waals surface area contributed by atoms with Gasteiger partial charge in [0, 0.05) is 27.1 Å². The minimum atomic E-state index is -0.785. The molecule has 12 heteroatoms. The number of imide groups is 1. The zero-order valence-corrected chi connectivity index (χ0v) is 26.7. The molecule has 0 radical (unpaired) electrons. The maximum Gasteiger partial charge on any atom is 0.339 e. The van der Waals surface area contributed by atoms with Gasteiger partial charge in [-0.15, -0.1) is 0 Å². The second kappa shape index (κ2) is 12.6. The number of nitro benzene ring substituents is 1. The Morgan fingerprint density at radius 3 is 2.33 bits per heavy atom. The van der Waals surface area contributed by atoms with Crippen molar-refractivity contribution in [2.45, 2.75) is 26.2 Å². The van der Waals surface area contributed by atoms with Crippen LogP contribution in [0.25, 0.3) is 22.2 Å². The first kappa shape index (κ1) is 31.3. The van der Waals surface area contributed by atoms with Crippen molar-refractivity contribution in [1.82, 2.24) is 4.98 Å². The molecule has 0 N–H and O–H groups in total. The van der Waals surface area contributed by atoms with Crippen molar-refractivity contribution < 1.29 is 28.8 Å². The third-order valence-electron chi connectivity index (χ3n) is 8.29. The van der Waals surface area contributed by atoms with Crippen LogP contribution >= 0.6 is 27.5 Å². The van der Waals surface area contributed by atoms with Crippen LogP contribution in [0.5, 0.6) is 0 Å². The second-order valence-corrected chi connectivity index (χ2v) is 12.3. The third kappa shape index (κ3) is 5.72. The Balaban J connectivity index is 1.31. The number of pyridine rings is 1. The zero-order valence-electron chi connectivity index (χ0n) is 24.4. The lowest BCUT2D eigenvalue weighted by Crippen LogP contribution is -2.30. The number of nitro groups is 1. The summed E-state index contributed by atoms with van der Waals surface area (Å²) < 4.78 is 6.15. The van der Waals surface area contributed by atoms with Crippen LogP contribution in [0.1, 0.15) is 46.0 Å². The van der Waals surface area contributed by atoms with Gasteiger partial charge in [-0.1, -0.05) is 58.7 Å². The Labute approximate surface area is 276 Å². The van der Waals surface area contributed by atoms with E-state index >= 15 is 0 Å². The molecule has 1 aliphatic heterocycles. The van der Waals surface area contributed by atoms with E-state index < -0.39 is 29.0 Å². The maximum atomic E-state index is 13.5. The fraction of sp³-hybridized carbons (Fsp3) is 0.206. The quantitative estimate of drug-likeness (QED) is 0.0467. The number of rotatable bonds is 8. The number of benzene rings is 3. The summed E-state index contributed by atoms with van der Waals surface area (Å²) in [4.78, 5) is 69.2. The second-order valence-electron chi connectivity index (χ2n) is 11.0. The molecule has 6 rings (SSSR count). The molecule has 232 valence electrons. The molecule has 4 aromatic rings. The number of allylic oxidation sites excluding steroid dienone is 2. The van der Waals surface area contributed by atoms with Crippen LogP contribution in [0.2, 0.25) is 5.02 Å². The fourth-order valence-electron chi connectivity index (χ4n) is 5.90.